The van der Waals surface area contributed by atoms with Crippen LogP contribution in [0.5, 0.6) is 17.2 Å². The molecule has 0 bridgehead atoms. The molecule has 1 N–H and O–H groups in total. The molecule has 38 heavy (non-hydrogen) atoms. The molecule has 9 nitrogen and oxygen atoms in total. The van der Waals surface area contributed by atoms with Crippen LogP contribution in [-0.2, 0) is 4.79 Å². The van der Waals surface area contributed by atoms with Crippen molar-refractivity contribution >= 4 is 17.5 Å². The number of hydrogen-bond acceptors (Lipinski definition) is 7. The molecule has 1 saturated carbocycles. The molecule has 0 aliphatic heterocycles. The first-order chi connectivity index (χ1) is 18.5. The molecular formula is C28H31FN4O5. The van der Waals surface area contributed by atoms with Gasteiger partial charge in [0, 0.05) is 24.1 Å². The monoisotopic (exact) mass is 522 g/mol. The fourth-order valence-corrected chi connectivity index (χ4v) is 4.72. The van der Waals surface area contributed by atoms with Gasteiger partial charge in [0.25, 0.3) is 5.91 Å². The highest BCUT2D eigenvalue weighted by molar-refractivity contribution is 6.09. The predicted molar refractivity (Wildman–Crippen MR) is 139 cm³/mol. The van der Waals surface area contributed by atoms with E-state index in [4.69, 9.17) is 14.2 Å². The first-order valence-electron chi connectivity index (χ1n) is 12.4. The van der Waals surface area contributed by atoms with Crippen molar-refractivity contribution in [3.05, 3.63) is 72.1 Å². The number of rotatable bonds is 9. The number of carbonyl (C=O) groups is 2. The zero-order chi connectivity index (χ0) is 27.1. The Morgan fingerprint density at radius 2 is 1.63 bits per heavy atom. The van der Waals surface area contributed by atoms with Crippen molar-refractivity contribution in [1.29, 1.82) is 0 Å². The van der Waals surface area contributed by atoms with Gasteiger partial charge >= 0.3 is 0 Å². The van der Waals surface area contributed by atoms with E-state index in [1.54, 1.807) is 12.1 Å². The Kier molecular flexibility index (Phi) is 8.73. The lowest BCUT2D eigenvalue weighted by Crippen LogP contribution is -2.47. The summed E-state index contributed by atoms with van der Waals surface area (Å²) in [5, 5.41) is 3.13. The predicted octanol–water partition coefficient (Wildman–Crippen LogP) is 4.48. The lowest BCUT2D eigenvalue weighted by Gasteiger charge is -2.33. The molecule has 1 atom stereocenters. The minimum atomic E-state index is -1.18. The number of anilines is 1. The van der Waals surface area contributed by atoms with Gasteiger partial charge in [-0.15, -0.1) is 0 Å². The highest BCUT2D eigenvalue weighted by atomic mass is 19.1. The van der Waals surface area contributed by atoms with Gasteiger partial charge < -0.3 is 19.5 Å². The number of hydrogen-bond donors (Lipinski definition) is 1. The first kappa shape index (κ1) is 26.8. The van der Waals surface area contributed by atoms with Gasteiger partial charge in [0.1, 0.15) is 17.6 Å². The lowest BCUT2D eigenvalue weighted by molar-refractivity contribution is -0.123. The number of nitrogens with zero attached hydrogens (tertiary/aromatic N) is 3. The van der Waals surface area contributed by atoms with E-state index in [-0.39, 0.29) is 11.7 Å². The van der Waals surface area contributed by atoms with Crippen LogP contribution in [0, 0.1) is 5.82 Å². The van der Waals surface area contributed by atoms with E-state index in [1.807, 2.05) is 0 Å². The number of amides is 2. The van der Waals surface area contributed by atoms with E-state index >= 15 is 0 Å². The van der Waals surface area contributed by atoms with Crippen molar-refractivity contribution in [2.75, 3.05) is 26.2 Å². The van der Waals surface area contributed by atoms with E-state index in [1.165, 1.54) is 69.1 Å². The highest BCUT2D eigenvalue weighted by Gasteiger charge is 2.36. The van der Waals surface area contributed by atoms with Crippen molar-refractivity contribution in [2.45, 2.75) is 44.2 Å². The van der Waals surface area contributed by atoms with Gasteiger partial charge in [-0.05, 0) is 54.8 Å². The molecule has 1 aliphatic carbocycles. The summed E-state index contributed by atoms with van der Waals surface area (Å²) in [7, 11) is 4.43. The van der Waals surface area contributed by atoms with Crippen LogP contribution < -0.4 is 24.4 Å². The summed E-state index contributed by atoms with van der Waals surface area (Å²) in [6, 6.07) is 7.42. The number of carbonyl (C=O) groups excluding carboxylic acids is 2. The number of halogens is 1. The minimum Gasteiger partial charge on any atom is -0.493 e. The molecule has 1 aliphatic rings. The largest absolute Gasteiger partial charge is 0.493 e. The molecule has 1 aromatic heterocycles. The standard InChI is InChI=1S/C28H31FN4O5/c1-36-23-15-18(16-24(37-2)26(23)38-3)25(27(34)32-20-7-5-4-6-8-20)33(21-11-9-19(29)10-12-21)28(35)22-17-30-13-14-31-22/h9-17,20,25H,4-8H2,1-3H3,(H,32,34)/t25-/m1/s1. The molecule has 2 aromatic carbocycles. The van der Waals surface area contributed by atoms with Gasteiger partial charge in [0.05, 0.1) is 27.5 Å². The fourth-order valence-electron chi connectivity index (χ4n) is 4.72. The van der Waals surface area contributed by atoms with Crippen LogP contribution in [-0.4, -0.2) is 49.2 Å². The Balaban J connectivity index is 1.89. The summed E-state index contributed by atoms with van der Waals surface area (Å²) >= 11 is 0. The number of ether oxygens (including phenoxy) is 3. The quantitative estimate of drug-likeness (QED) is 0.442. The summed E-state index contributed by atoms with van der Waals surface area (Å²) in [6.45, 7) is 0. The molecule has 2 amide bonds. The van der Waals surface area contributed by atoms with E-state index in [2.05, 4.69) is 15.3 Å². The van der Waals surface area contributed by atoms with Gasteiger partial charge in [-0.3, -0.25) is 19.5 Å². The maximum Gasteiger partial charge on any atom is 0.279 e. The normalized spacial score (nSPS) is 14.3. The second kappa shape index (κ2) is 12.4. The Morgan fingerprint density at radius 3 is 2.18 bits per heavy atom. The van der Waals surface area contributed by atoms with E-state index in [0.29, 0.717) is 28.5 Å². The van der Waals surface area contributed by atoms with Crippen LogP contribution in [0.2, 0.25) is 0 Å². The Hall–Kier alpha value is -4.21. The van der Waals surface area contributed by atoms with Crippen LogP contribution in [0.25, 0.3) is 0 Å². The number of benzene rings is 2. The van der Waals surface area contributed by atoms with Gasteiger partial charge in [0.2, 0.25) is 11.7 Å². The first-order valence-corrected chi connectivity index (χ1v) is 12.4. The smallest absolute Gasteiger partial charge is 0.279 e. The van der Waals surface area contributed by atoms with E-state index < -0.39 is 23.7 Å². The van der Waals surface area contributed by atoms with Gasteiger partial charge in [-0.1, -0.05) is 19.3 Å². The molecule has 1 heterocycles. The van der Waals surface area contributed by atoms with Crippen LogP contribution in [0.4, 0.5) is 10.1 Å². The molecule has 200 valence electrons. The molecule has 1 fully saturated rings. The molecule has 4 rings (SSSR count). The summed E-state index contributed by atoms with van der Waals surface area (Å²) in [4.78, 5) is 37.5. The summed E-state index contributed by atoms with van der Waals surface area (Å²) in [5.74, 6) is -0.461. The second-order valence-electron chi connectivity index (χ2n) is 8.95. The average Bonchev–Trinajstić information content (AvgIpc) is 2.96. The zero-order valence-corrected chi connectivity index (χ0v) is 21.6. The summed E-state index contributed by atoms with van der Waals surface area (Å²) in [6.07, 6.45) is 9.02. The highest BCUT2D eigenvalue weighted by Crippen LogP contribution is 2.42. The van der Waals surface area contributed by atoms with Crippen molar-refractivity contribution in [1.82, 2.24) is 15.3 Å². The number of nitrogens with one attached hydrogen (secondary N) is 1. The van der Waals surface area contributed by atoms with E-state index in [0.717, 1.165) is 32.1 Å². The third-order valence-corrected chi connectivity index (χ3v) is 6.57. The summed E-state index contributed by atoms with van der Waals surface area (Å²) in [5.41, 5.74) is 0.744. The second-order valence-corrected chi connectivity index (χ2v) is 8.95. The third-order valence-electron chi connectivity index (χ3n) is 6.57. The number of methoxy groups -OCH3 is 3. The molecule has 0 spiro atoms. The van der Waals surface area contributed by atoms with Crippen molar-refractivity contribution in [3.8, 4) is 17.2 Å². The maximum atomic E-state index is 14.1. The Morgan fingerprint density at radius 1 is 0.974 bits per heavy atom. The molecule has 3 aromatic rings. The Labute approximate surface area is 220 Å². The molecular weight excluding hydrogens is 491 g/mol. The molecule has 0 saturated heterocycles. The minimum absolute atomic E-state index is 0.0255. The van der Waals surface area contributed by atoms with Crippen molar-refractivity contribution in [3.63, 3.8) is 0 Å². The van der Waals surface area contributed by atoms with Crippen LogP contribution in [0.1, 0.15) is 54.2 Å². The van der Waals surface area contributed by atoms with Crippen molar-refractivity contribution < 1.29 is 28.2 Å². The van der Waals surface area contributed by atoms with Gasteiger partial charge in [0.15, 0.2) is 11.5 Å². The number of aromatic nitrogens is 2. The zero-order valence-electron chi connectivity index (χ0n) is 21.6. The van der Waals surface area contributed by atoms with Crippen LogP contribution in [0.15, 0.2) is 55.0 Å². The molecule has 0 radical (unpaired) electrons. The fraction of sp³-hybridized carbons (Fsp3) is 0.357. The molecule has 10 heteroatoms. The lowest BCUT2D eigenvalue weighted by atomic mass is 9.94. The summed E-state index contributed by atoms with van der Waals surface area (Å²) < 4.78 is 30.4. The SMILES string of the molecule is COc1cc([C@H](C(=O)NC2CCCCC2)N(C(=O)c2cnccn2)c2ccc(F)cc2)cc(OC)c1OC. The Bertz CT molecular complexity index is 1220. The third kappa shape index (κ3) is 5.85. The van der Waals surface area contributed by atoms with Gasteiger partial charge in [-0.2, -0.15) is 0 Å². The van der Waals surface area contributed by atoms with Crippen molar-refractivity contribution in [2.24, 2.45) is 0 Å². The van der Waals surface area contributed by atoms with E-state index in [9.17, 15) is 14.0 Å². The topological polar surface area (TPSA) is 103 Å². The van der Waals surface area contributed by atoms with Crippen LogP contribution >= 0.6 is 0 Å². The maximum absolute atomic E-state index is 14.1. The average molecular weight is 523 g/mol. The van der Waals surface area contributed by atoms with Crippen LogP contribution in [0.3, 0.4) is 0 Å². The van der Waals surface area contributed by atoms with Gasteiger partial charge in [-0.25, -0.2) is 9.37 Å². The molecule has 0 unspecified atom stereocenters.